The van der Waals surface area contributed by atoms with Crippen molar-refractivity contribution in [2.24, 2.45) is 0 Å². The number of nitro groups is 1. The van der Waals surface area contributed by atoms with Gasteiger partial charge < -0.3 is 14.5 Å². The molecule has 0 heterocycles. The first-order valence-electron chi connectivity index (χ1n) is 8.25. The Balaban J connectivity index is 2.23. The first kappa shape index (κ1) is 19.2. The molecule has 0 spiro atoms. The number of nitro benzene ring substituents is 1. The van der Waals surface area contributed by atoms with Gasteiger partial charge in [0.1, 0.15) is 0 Å². The number of carbonyl (C=O) groups is 1. The Morgan fingerprint density at radius 2 is 1.81 bits per heavy atom. The molecule has 2 aromatic rings. The predicted molar refractivity (Wildman–Crippen MR) is 101 cm³/mol. The number of benzene rings is 2. The molecule has 0 N–H and O–H groups in total. The zero-order valence-electron chi connectivity index (χ0n) is 15.4. The van der Waals surface area contributed by atoms with Crippen LogP contribution in [-0.2, 0) is 6.54 Å². The number of hydrogen-bond donors (Lipinski definition) is 0. The minimum atomic E-state index is -0.550. The standard InChI is InChI=1S/C19H23N3O4/c1-5-21(13-14-6-9-16(10-7-14)20(2)3)19(23)15-8-11-18(26-4)17(12-15)22(24)25/h6-12H,5,13H2,1-4H3. The van der Waals surface area contributed by atoms with E-state index in [1.807, 2.05) is 50.2 Å². The van der Waals surface area contributed by atoms with Gasteiger partial charge >= 0.3 is 5.69 Å². The second-order valence-corrected chi connectivity index (χ2v) is 6.02. The second-order valence-electron chi connectivity index (χ2n) is 6.02. The normalized spacial score (nSPS) is 10.3. The number of rotatable bonds is 7. The van der Waals surface area contributed by atoms with Gasteiger partial charge in [-0.3, -0.25) is 14.9 Å². The summed E-state index contributed by atoms with van der Waals surface area (Å²) in [6.45, 7) is 2.81. The number of ether oxygens (including phenoxy) is 1. The Morgan fingerprint density at radius 1 is 1.15 bits per heavy atom. The fourth-order valence-corrected chi connectivity index (χ4v) is 2.60. The van der Waals surface area contributed by atoms with Gasteiger partial charge in [0.15, 0.2) is 5.75 Å². The van der Waals surface area contributed by atoms with Crippen LogP contribution in [0.3, 0.4) is 0 Å². The van der Waals surface area contributed by atoms with Crippen molar-refractivity contribution in [1.29, 1.82) is 0 Å². The third-order valence-corrected chi connectivity index (χ3v) is 4.12. The van der Waals surface area contributed by atoms with Crippen molar-refractivity contribution in [3.8, 4) is 5.75 Å². The fraction of sp³-hybridized carbons (Fsp3) is 0.316. The number of anilines is 1. The Kier molecular flexibility index (Phi) is 6.16. The van der Waals surface area contributed by atoms with Gasteiger partial charge in [0.2, 0.25) is 0 Å². The third-order valence-electron chi connectivity index (χ3n) is 4.12. The summed E-state index contributed by atoms with van der Waals surface area (Å²) in [6, 6.07) is 12.2. The van der Waals surface area contributed by atoms with E-state index in [1.165, 1.54) is 19.2 Å². The van der Waals surface area contributed by atoms with Crippen LogP contribution in [0.4, 0.5) is 11.4 Å². The van der Waals surface area contributed by atoms with Gasteiger partial charge in [-0.05, 0) is 36.8 Å². The number of carbonyl (C=O) groups excluding carboxylic acids is 1. The maximum absolute atomic E-state index is 12.8. The summed E-state index contributed by atoms with van der Waals surface area (Å²) in [4.78, 5) is 27.1. The van der Waals surface area contributed by atoms with Crippen LogP contribution in [0.15, 0.2) is 42.5 Å². The van der Waals surface area contributed by atoms with E-state index >= 15 is 0 Å². The van der Waals surface area contributed by atoms with E-state index in [-0.39, 0.29) is 22.9 Å². The van der Waals surface area contributed by atoms with Gasteiger partial charge in [-0.25, -0.2) is 0 Å². The van der Waals surface area contributed by atoms with Crippen LogP contribution < -0.4 is 9.64 Å². The van der Waals surface area contributed by atoms with E-state index in [0.29, 0.717) is 13.1 Å². The van der Waals surface area contributed by atoms with Crippen molar-refractivity contribution >= 4 is 17.3 Å². The molecule has 0 saturated heterocycles. The Labute approximate surface area is 152 Å². The van der Waals surface area contributed by atoms with Gasteiger partial charge in [-0.15, -0.1) is 0 Å². The van der Waals surface area contributed by atoms with Crippen molar-refractivity contribution < 1.29 is 14.5 Å². The van der Waals surface area contributed by atoms with Crippen LogP contribution in [0.25, 0.3) is 0 Å². The summed E-state index contributed by atoms with van der Waals surface area (Å²) >= 11 is 0. The van der Waals surface area contributed by atoms with Gasteiger partial charge in [0.25, 0.3) is 5.91 Å². The molecule has 0 radical (unpaired) electrons. The first-order valence-corrected chi connectivity index (χ1v) is 8.25. The molecule has 0 bridgehead atoms. The van der Waals surface area contributed by atoms with Gasteiger partial charge in [0, 0.05) is 44.5 Å². The van der Waals surface area contributed by atoms with Crippen LogP contribution in [0.1, 0.15) is 22.8 Å². The summed E-state index contributed by atoms with van der Waals surface area (Å²) in [7, 11) is 5.29. The van der Waals surface area contributed by atoms with Crippen molar-refractivity contribution in [2.45, 2.75) is 13.5 Å². The lowest BCUT2D eigenvalue weighted by molar-refractivity contribution is -0.385. The number of amides is 1. The summed E-state index contributed by atoms with van der Waals surface area (Å²) in [6.07, 6.45) is 0. The molecule has 2 rings (SSSR count). The quantitative estimate of drug-likeness (QED) is 0.561. The number of hydrogen-bond acceptors (Lipinski definition) is 5. The molecule has 0 fully saturated rings. The smallest absolute Gasteiger partial charge is 0.311 e. The maximum Gasteiger partial charge on any atom is 0.311 e. The minimum Gasteiger partial charge on any atom is -0.490 e. The molecule has 0 saturated carbocycles. The highest BCUT2D eigenvalue weighted by Crippen LogP contribution is 2.28. The highest BCUT2D eigenvalue weighted by Gasteiger charge is 2.21. The third kappa shape index (κ3) is 4.30. The van der Waals surface area contributed by atoms with Crippen LogP contribution in [0.2, 0.25) is 0 Å². The van der Waals surface area contributed by atoms with Crippen LogP contribution in [0.5, 0.6) is 5.75 Å². The molecule has 7 nitrogen and oxygen atoms in total. The van der Waals surface area contributed by atoms with Crippen molar-refractivity contribution in [3.63, 3.8) is 0 Å². The largest absolute Gasteiger partial charge is 0.490 e. The summed E-state index contributed by atoms with van der Waals surface area (Å²) < 4.78 is 4.98. The lowest BCUT2D eigenvalue weighted by Gasteiger charge is -2.22. The Morgan fingerprint density at radius 3 is 2.31 bits per heavy atom. The molecule has 138 valence electrons. The summed E-state index contributed by atoms with van der Waals surface area (Å²) in [5.74, 6) is -0.121. The van der Waals surface area contributed by atoms with Crippen LogP contribution in [-0.4, -0.2) is 43.5 Å². The molecule has 2 aromatic carbocycles. The number of nitrogens with zero attached hydrogens (tertiary/aromatic N) is 3. The Hall–Kier alpha value is -3.09. The van der Waals surface area contributed by atoms with Crippen LogP contribution >= 0.6 is 0 Å². The lowest BCUT2D eigenvalue weighted by atomic mass is 10.1. The number of methoxy groups -OCH3 is 1. The zero-order valence-corrected chi connectivity index (χ0v) is 15.4. The average Bonchev–Trinajstić information content (AvgIpc) is 2.65. The van der Waals surface area contributed by atoms with E-state index in [4.69, 9.17) is 4.74 Å². The van der Waals surface area contributed by atoms with Crippen molar-refractivity contribution in [3.05, 3.63) is 63.7 Å². The molecule has 0 atom stereocenters. The minimum absolute atomic E-state index is 0.133. The molecule has 1 amide bonds. The van der Waals surface area contributed by atoms with E-state index < -0.39 is 4.92 Å². The van der Waals surface area contributed by atoms with Crippen molar-refractivity contribution in [2.75, 3.05) is 32.6 Å². The van der Waals surface area contributed by atoms with Gasteiger partial charge in [-0.1, -0.05) is 12.1 Å². The second kappa shape index (κ2) is 8.33. The molecular weight excluding hydrogens is 334 g/mol. The van der Waals surface area contributed by atoms with Crippen LogP contribution in [0, 0.1) is 10.1 Å². The topological polar surface area (TPSA) is 75.9 Å². The molecule has 0 unspecified atom stereocenters. The maximum atomic E-state index is 12.8. The molecule has 7 heteroatoms. The predicted octanol–water partition coefficient (Wildman–Crippen LogP) is 3.33. The highest BCUT2D eigenvalue weighted by atomic mass is 16.6. The van der Waals surface area contributed by atoms with Crippen molar-refractivity contribution in [1.82, 2.24) is 4.90 Å². The van der Waals surface area contributed by atoms with Gasteiger partial charge in [0.05, 0.1) is 12.0 Å². The van der Waals surface area contributed by atoms with E-state index in [1.54, 1.807) is 11.0 Å². The molecule has 26 heavy (non-hydrogen) atoms. The first-order chi connectivity index (χ1) is 12.4. The molecule has 0 aliphatic carbocycles. The van der Waals surface area contributed by atoms with E-state index in [2.05, 4.69) is 0 Å². The van der Waals surface area contributed by atoms with E-state index in [0.717, 1.165) is 11.3 Å². The SMILES string of the molecule is CCN(Cc1ccc(N(C)C)cc1)C(=O)c1ccc(OC)c([N+](=O)[O-])c1. The molecule has 0 aliphatic heterocycles. The lowest BCUT2D eigenvalue weighted by Crippen LogP contribution is -2.30. The fourth-order valence-electron chi connectivity index (χ4n) is 2.60. The monoisotopic (exact) mass is 357 g/mol. The molecule has 0 aromatic heterocycles. The zero-order chi connectivity index (χ0) is 19.3. The summed E-state index contributed by atoms with van der Waals surface area (Å²) in [5.41, 5.74) is 2.12. The average molecular weight is 357 g/mol. The Bertz CT molecular complexity index is 788. The molecule has 0 aliphatic rings. The van der Waals surface area contributed by atoms with E-state index in [9.17, 15) is 14.9 Å². The highest BCUT2D eigenvalue weighted by molar-refractivity contribution is 5.95. The van der Waals surface area contributed by atoms with Gasteiger partial charge in [-0.2, -0.15) is 0 Å². The molecular formula is C19H23N3O4. The summed E-state index contributed by atoms with van der Waals surface area (Å²) in [5, 5.41) is 11.2.